The second kappa shape index (κ2) is 5.74. The van der Waals surface area contributed by atoms with Crippen molar-refractivity contribution in [1.82, 2.24) is 14.0 Å². The van der Waals surface area contributed by atoms with Gasteiger partial charge in [-0.2, -0.15) is 0 Å². The molecule has 3 aromatic rings. The van der Waals surface area contributed by atoms with Crippen molar-refractivity contribution >= 4 is 17.2 Å². The molecule has 0 N–H and O–H groups in total. The van der Waals surface area contributed by atoms with Gasteiger partial charge in [0.05, 0.1) is 0 Å². The normalized spacial score (nSPS) is 11.1. The number of rotatable bonds is 4. The number of imidazole rings is 1. The summed E-state index contributed by atoms with van der Waals surface area (Å²) in [5, 5.41) is 0.513. The summed E-state index contributed by atoms with van der Waals surface area (Å²) in [6, 6.07) is 10.2. The van der Waals surface area contributed by atoms with Gasteiger partial charge in [0.1, 0.15) is 5.15 Å². The summed E-state index contributed by atoms with van der Waals surface area (Å²) in [7, 11) is 0. The van der Waals surface area contributed by atoms with Gasteiger partial charge in [-0.15, -0.1) is 0 Å². The summed E-state index contributed by atoms with van der Waals surface area (Å²) in [6.07, 6.45) is 5.17. The van der Waals surface area contributed by atoms with Gasteiger partial charge in [0.15, 0.2) is 0 Å². The lowest BCUT2D eigenvalue weighted by Gasteiger charge is -2.08. The van der Waals surface area contributed by atoms with Crippen LogP contribution in [0.15, 0.2) is 47.5 Å². The second-order valence-corrected chi connectivity index (χ2v) is 5.49. The number of benzene rings is 1. The highest BCUT2D eigenvalue weighted by molar-refractivity contribution is 6.29. The minimum atomic E-state index is -0.0967. The van der Waals surface area contributed by atoms with Crippen LogP contribution < -0.4 is 5.56 Å². The Labute approximate surface area is 127 Å². The molecule has 3 rings (SSSR count). The first-order valence-electron chi connectivity index (χ1n) is 6.94. The van der Waals surface area contributed by atoms with E-state index < -0.39 is 0 Å². The molecule has 0 aliphatic carbocycles. The van der Waals surface area contributed by atoms with Crippen molar-refractivity contribution in [1.29, 1.82) is 0 Å². The summed E-state index contributed by atoms with van der Waals surface area (Å²) in [4.78, 5) is 16.5. The molecule has 0 amide bonds. The molecular formula is C16H16ClN3O. The third kappa shape index (κ3) is 2.72. The molecule has 108 valence electrons. The molecule has 0 saturated heterocycles. The van der Waals surface area contributed by atoms with Crippen molar-refractivity contribution in [3.05, 3.63) is 69.5 Å². The summed E-state index contributed by atoms with van der Waals surface area (Å²) >= 11 is 6.24. The van der Waals surface area contributed by atoms with Crippen LogP contribution in [0.5, 0.6) is 0 Å². The average Bonchev–Trinajstić information content (AvgIpc) is 2.88. The Hall–Kier alpha value is -2.07. The Morgan fingerprint density at radius 3 is 2.76 bits per heavy atom. The largest absolute Gasteiger partial charge is 0.309 e. The first-order chi connectivity index (χ1) is 10.2. The summed E-state index contributed by atoms with van der Waals surface area (Å²) in [5.74, 6) is 0. The van der Waals surface area contributed by atoms with Crippen LogP contribution in [-0.2, 0) is 13.0 Å². The van der Waals surface area contributed by atoms with Crippen molar-refractivity contribution < 1.29 is 0 Å². The molecule has 5 heteroatoms. The Morgan fingerprint density at radius 2 is 2.00 bits per heavy atom. The lowest BCUT2D eigenvalue weighted by molar-refractivity contribution is 0.619. The van der Waals surface area contributed by atoms with Gasteiger partial charge in [0.2, 0.25) is 5.65 Å². The second-order valence-electron chi connectivity index (χ2n) is 5.10. The van der Waals surface area contributed by atoms with E-state index in [0.717, 1.165) is 18.5 Å². The van der Waals surface area contributed by atoms with E-state index in [4.69, 9.17) is 11.6 Å². The molecule has 0 atom stereocenters. The lowest BCUT2D eigenvalue weighted by atomic mass is 10.1. The molecule has 2 aromatic heterocycles. The Morgan fingerprint density at radius 1 is 1.24 bits per heavy atom. The van der Waals surface area contributed by atoms with Gasteiger partial charge in [-0.25, -0.2) is 4.98 Å². The van der Waals surface area contributed by atoms with Crippen LogP contribution in [-0.4, -0.2) is 14.0 Å². The molecule has 0 aliphatic rings. The van der Waals surface area contributed by atoms with Crippen molar-refractivity contribution in [3.8, 4) is 0 Å². The van der Waals surface area contributed by atoms with E-state index in [1.54, 1.807) is 21.4 Å². The van der Waals surface area contributed by atoms with E-state index in [0.29, 0.717) is 17.3 Å². The Bertz CT molecular complexity index is 821. The van der Waals surface area contributed by atoms with Gasteiger partial charge in [-0.1, -0.05) is 41.9 Å². The maximum atomic E-state index is 12.4. The minimum Gasteiger partial charge on any atom is -0.309 e. The molecule has 4 nitrogen and oxygen atoms in total. The highest BCUT2D eigenvalue weighted by Crippen LogP contribution is 2.12. The van der Waals surface area contributed by atoms with Crippen molar-refractivity contribution in [3.63, 3.8) is 0 Å². The summed E-state index contributed by atoms with van der Waals surface area (Å²) < 4.78 is 3.32. The zero-order chi connectivity index (χ0) is 14.8. The van der Waals surface area contributed by atoms with E-state index in [-0.39, 0.29) is 5.56 Å². The molecular weight excluding hydrogens is 286 g/mol. The number of aromatic nitrogens is 3. The summed E-state index contributed by atoms with van der Waals surface area (Å²) in [5.41, 5.74) is 2.43. The van der Waals surface area contributed by atoms with Crippen molar-refractivity contribution in [2.24, 2.45) is 0 Å². The highest BCUT2D eigenvalue weighted by atomic mass is 35.5. The molecule has 0 radical (unpaired) electrons. The molecule has 21 heavy (non-hydrogen) atoms. The molecule has 0 unspecified atom stereocenters. The first kappa shape index (κ1) is 13.9. The van der Waals surface area contributed by atoms with Gasteiger partial charge in [-0.3, -0.25) is 9.20 Å². The van der Waals surface area contributed by atoms with Crippen LogP contribution in [0.25, 0.3) is 5.65 Å². The monoisotopic (exact) mass is 301 g/mol. The van der Waals surface area contributed by atoms with Crippen LogP contribution >= 0.6 is 11.6 Å². The maximum absolute atomic E-state index is 12.4. The smallest absolute Gasteiger partial charge is 0.294 e. The van der Waals surface area contributed by atoms with Gasteiger partial charge in [0.25, 0.3) is 5.56 Å². The van der Waals surface area contributed by atoms with Crippen LogP contribution in [0.3, 0.4) is 0 Å². The van der Waals surface area contributed by atoms with Gasteiger partial charge in [0, 0.05) is 24.6 Å². The SMILES string of the molecule is Cc1cnc2c(=O)n(CCCc3ccccc3)cc(Cl)n12. The average molecular weight is 302 g/mol. The molecule has 0 bridgehead atoms. The standard InChI is InChI=1S/C16H16ClN3O/c1-12-10-18-15-16(21)19(11-14(17)20(12)15)9-5-8-13-6-3-2-4-7-13/h2-4,6-7,10-11H,5,8-9H2,1H3. The predicted molar refractivity (Wildman–Crippen MR) is 84.0 cm³/mol. The van der Waals surface area contributed by atoms with Gasteiger partial charge < -0.3 is 4.57 Å². The van der Waals surface area contributed by atoms with E-state index in [9.17, 15) is 4.79 Å². The Balaban J connectivity index is 1.81. The van der Waals surface area contributed by atoms with Crippen molar-refractivity contribution in [2.75, 3.05) is 0 Å². The minimum absolute atomic E-state index is 0.0967. The molecule has 0 aliphatic heterocycles. The van der Waals surface area contributed by atoms with Crippen LogP contribution in [0.1, 0.15) is 17.7 Å². The van der Waals surface area contributed by atoms with Crippen molar-refractivity contribution in [2.45, 2.75) is 26.3 Å². The third-order valence-electron chi connectivity index (χ3n) is 3.57. The number of hydrogen-bond acceptors (Lipinski definition) is 2. The summed E-state index contributed by atoms with van der Waals surface area (Å²) in [6.45, 7) is 2.51. The zero-order valence-corrected chi connectivity index (χ0v) is 12.5. The van der Waals surface area contributed by atoms with Gasteiger partial charge in [-0.05, 0) is 25.3 Å². The Kier molecular flexibility index (Phi) is 3.80. The number of nitrogens with zero attached hydrogens (tertiary/aromatic N) is 3. The number of halogens is 1. The topological polar surface area (TPSA) is 39.3 Å². The van der Waals surface area contributed by atoms with E-state index in [1.165, 1.54) is 5.56 Å². The molecule has 2 heterocycles. The molecule has 1 aromatic carbocycles. The van der Waals surface area contributed by atoms with Crippen LogP contribution in [0, 0.1) is 6.92 Å². The number of fused-ring (bicyclic) bond motifs is 1. The molecule has 0 spiro atoms. The van der Waals surface area contributed by atoms with Crippen LogP contribution in [0.2, 0.25) is 5.15 Å². The lowest BCUT2D eigenvalue weighted by Crippen LogP contribution is -2.23. The van der Waals surface area contributed by atoms with E-state index >= 15 is 0 Å². The quantitative estimate of drug-likeness (QED) is 0.743. The van der Waals surface area contributed by atoms with E-state index in [2.05, 4.69) is 17.1 Å². The fraction of sp³-hybridized carbons (Fsp3) is 0.250. The van der Waals surface area contributed by atoms with Gasteiger partial charge >= 0.3 is 0 Å². The highest BCUT2D eigenvalue weighted by Gasteiger charge is 2.10. The molecule has 0 saturated carbocycles. The fourth-order valence-electron chi connectivity index (χ4n) is 2.50. The zero-order valence-electron chi connectivity index (χ0n) is 11.8. The van der Waals surface area contributed by atoms with Crippen LogP contribution in [0.4, 0.5) is 0 Å². The fourth-order valence-corrected chi connectivity index (χ4v) is 2.83. The first-order valence-corrected chi connectivity index (χ1v) is 7.31. The number of hydrogen-bond donors (Lipinski definition) is 0. The third-order valence-corrected chi connectivity index (χ3v) is 3.84. The van der Waals surface area contributed by atoms with E-state index in [1.807, 2.05) is 25.1 Å². The predicted octanol–water partition coefficient (Wildman–Crippen LogP) is 3.09. The maximum Gasteiger partial charge on any atom is 0.294 e. The molecule has 0 fully saturated rings. The number of aryl methyl sites for hydroxylation is 3.